The molecule has 0 amide bonds. The molecular weight excluding hydrogens is 426 g/mol. The number of nitrogens with zero attached hydrogens (tertiary/aromatic N) is 1. The van der Waals surface area contributed by atoms with E-state index in [4.69, 9.17) is 0 Å². The number of benzene rings is 2. The zero-order chi connectivity index (χ0) is 21.3. The standard InChI is InChI=1S/C18H18F2N2O5S2/c19-18(20)27-16-9-5-4-6-13(16)10-28-11-15(17(23)24)21-12-22-29(25,26)14-7-2-1-3-8-14/h1-9,12,15,18H,10-11H2,(H,21,22)(H,23,24)/t15-/m0/s1. The van der Waals surface area contributed by atoms with Gasteiger partial charge in [0.25, 0.3) is 10.0 Å². The molecule has 2 aromatic carbocycles. The summed E-state index contributed by atoms with van der Waals surface area (Å²) in [5.74, 6) is -1.01. The number of halogens is 2. The largest absolute Gasteiger partial charge is 0.480 e. The number of aliphatic imine (C=N–C) groups is 1. The second kappa shape index (κ2) is 10.8. The van der Waals surface area contributed by atoms with Gasteiger partial charge in [0.1, 0.15) is 5.75 Å². The highest BCUT2D eigenvalue weighted by molar-refractivity contribution is 7.98. The van der Waals surface area contributed by atoms with Crippen LogP contribution in [0.3, 0.4) is 0 Å². The number of ether oxygens (including phenoxy) is 1. The third-order valence-corrected chi connectivity index (χ3v) is 5.90. The first-order valence-corrected chi connectivity index (χ1v) is 10.9. The SMILES string of the molecule is O=C(O)[C@H](CSCc1ccccc1OC(F)F)N=CNS(=O)(=O)c1ccccc1. The zero-order valence-corrected chi connectivity index (χ0v) is 16.6. The van der Waals surface area contributed by atoms with Gasteiger partial charge in [0.15, 0.2) is 6.04 Å². The third kappa shape index (κ3) is 7.35. The summed E-state index contributed by atoms with van der Waals surface area (Å²) in [6.45, 7) is -2.96. The zero-order valence-electron chi connectivity index (χ0n) is 14.9. The number of thioether (sulfide) groups is 1. The van der Waals surface area contributed by atoms with Crippen LogP contribution < -0.4 is 9.46 Å². The van der Waals surface area contributed by atoms with Crippen LogP contribution in [0.15, 0.2) is 64.5 Å². The van der Waals surface area contributed by atoms with E-state index < -0.39 is 28.6 Å². The lowest BCUT2D eigenvalue weighted by molar-refractivity contribution is -0.137. The van der Waals surface area contributed by atoms with E-state index in [2.05, 4.69) is 14.5 Å². The van der Waals surface area contributed by atoms with Gasteiger partial charge in [-0.1, -0.05) is 36.4 Å². The van der Waals surface area contributed by atoms with Gasteiger partial charge in [0.2, 0.25) is 0 Å². The van der Waals surface area contributed by atoms with Gasteiger partial charge in [-0.25, -0.2) is 13.2 Å². The normalized spacial score (nSPS) is 12.8. The summed E-state index contributed by atoms with van der Waals surface area (Å²) in [5, 5.41) is 9.26. The lowest BCUT2D eigenvalue weighted by atomic mass is 10.2. The Morgan fingerprint density at radius 2 is 1.83 bits per heavy atom. The van der Waals surface area contributed by atoms with Crippen molar-refractivity contribution in [3.05, 3.63) is 60.2 Å². The van der Waals surface area contributed by atoms with Crippen LogP contribution in [0.4, 0.5) is 8.78 Å². The second-order valence-corrected chi connectivity index (χ2v) is 8.31. The maximum Gasteiger partial charge on any atom is 0.387 e. The van der Waals surface area contributed by atoms with Gasteiger partial charge in [0.05, 0.1) is 11.2 Å². The van der Waals surface area contributed by atoms with Crippen LogP contribution in [0.5, 0.6) is 5.75 Å². The second-order valence-electron chi connectivity index (χ2n) is 5.57. The quantitative estimate of drug-likeness (QED) is 0.408. The topological polar surface area (TPSA) is 105 Å². The van der Waals surface area contributed by atoms with E-state index in [9.17, 15) is 27.1 Å². The average molecular weight is 444 g/mol. The van der Waals surface area contributed by atoms with Gasteiger partial charge in [0, 0.05) is 17.1 Å². The Balaban J connectivity index is 1.94. The number of carbonyl (C=O) groups is 1. The predicted octanol–water partition coefficient (Wildman–Crippen LogP) is 2.98. The molecule has 0 fully saturated rings. The first kappa shape index (κ1) is 22.6. The maximum atomic E-state index is 12.4. The molecule has 0 aliphatic carbocycles. The fourth-order valence-electron chi connectivity index (χ4n) is 2.15. The summed E-state index contributed by atoms with van der Waals surface area (Å²) >= 11 is 1.14. The molecule has 2 aromatic rings. The van der Waals surface area contributed by atoms with Crippen LogP contribution in [0.25, 0.3) is 0 Å². The Labute approximate surface area is 170 Å². The molecule has 2 rings (SSSR count). The highest BCUT2D eigenvalue weighted by Gasteiger charge is 2.17. The van der Waals surface area contributed by atoms with Crippen molar-refractivity contribution in [2.45, 2.75) is 23.3 Å². The van der Waals surface area contributed by atoms with Gasteiger partial charge >= 0.3 is 12.6 Å². The van der Waals surface area contributed by atoms with Crippen LogP contribution >= 0.6 is 11.8 Å². The number of sulfonamides is 1. The summed E-state index contributed by atoms with van der Waals surface area (Å²) in [5.41, 5.74) is 0.482. The van der Waals surface area contributed by atoms with Crippen LogP contribution in [0.2, 0.25) is 0 Å². The van der Waals surface area contributed by atoms with E-state index in [0.29, 0.717) is 5.56 Å². The van der Waals surface area contributed by atoms with E-state index in [1.54, 1.807) is 36.4 Å². The first-order chi connectivity index (χ1) is 13.8. The van der Waals surface area contributed by atoms with Gasteiger partial charge in [-0.15, -0.1) is 0 Å². The van der Waals surface area contributed by atoms with E-state index in [1.165, 1.54) is 18.2 Å². The Bertz CT molecular complexity index is 940. The molecule has 0 aliphatic rings. The molecule has 1 atom stereocenters. The minimum Gasteiger partial charge on any atom is -0.480 e. The number of carboxylic acids is 1. The number of aliphatic carboxylic acids is 1. The molecule has 0 spiro atoms. The first-order valence-electron chi connectivity index (χ1n) is 8.22. The molecule has 0 aromatic heterocycles. The molecule has 2 N–H and O–H groups in total. The molecule has 0 aliphatic heterocycles. The molecule has 0 unspecified atom stereocenters. The number of hydrogen-bond donors (Lipinski definition) is 2. The highest BCUT2D eigenvalue weighted by Crippen LogP contribution is 2.25. The summed E-state index contributed by atoms with van der Waals surface area (Å²) in [7, 11) is -3.85. The van der Waals surface area contributed by atoms with Crippen molar-refractivity contribution in [1.29, 1.82) is 0 Å². The predicted molar refractivity (Wildman–Crippen MR) is 106 cm³/mol. The molecule has 0 saturated carbocycles. The smallest absolute Gasteiger partial charge is 0.387 e. The summed E-state index contributed by atoms with van der Waals surface area (Å²) in [4.78, 5) is 15.1. The van der Waals surface area contributed by atoms with Crippen molar-refractivity contribution in [1.82, 2.24) is 4.72 Å². The molecular formula is C18H18F2N2O5S2. The molecule has 7 nitrogen and oxygen atoms in total. The number of alkyl halides is 2. The van der Waals surface area contributed by atoms with Crippen molar-refractivity contribution in [3.8, 4) is 5.75 Å². The molecule has 156 valence electrons. The van der Waals surface area contributed by atoms with Crippen molar-refractivity contribution < 1.29 is 31.8 Å². The van der Waals surface area contributed by atoms with Crippen LogP contribution in [-0.4, -0.2) is 44.2 Å². The molecule has 0 heterocycles. The Morgan fingerprint density at radius 3 is 2.48 bits per heavy atom. The third-order valence-electron chi connectivity index (χ3n) is 3.52. The number of carboxylic acid groups (broad SMARTS) is 1. The molecule has 0 radical (unpaired) electrons. The monoisotopic (exact) mass is 444 g/mol. The summed E-state index contributed by atoms with van der Waals surface area (Å²) in [6.07, 6.45) is 0.829. The van der Waals surface area contributed by atoms with Crippen LogP contribution in [0, 0.1) is 0 Å². The number of nitrogens with one attached hydrogen (secondary N) is 1. The fourth-order valence-corrected chi connectivity index (χ4v) is 4.03. The lowest BCUT2D eigenvalue weighted by Gasteiger charge is -2.11. The summed E-state index contributed by atoms with van der Waals surface area (Å²) in [6, 6.07) is 12.5. The number of para-hydroxylation sites is 1. The van der Waals surface area contributed by atoms with Crippen molar-refractivity contribution >= 4 is 34.1 Å². The molecule has 11 heteroatoms. The highest BCUT2D eigenvalue weighted by atomic mass is 32.2. The van der Waals surface area contributed by atoms with E-state index in [1.807, 2.05) is 0 Å². The average Bonchev–Trinajstić information content (AvgIpc) is 2.68. The van der Waals surface area contributed by atoms with Gasteiger partial charge in [-0.2, -0.15) is 20.5 Å². The van der Waals surface area contributed by atoms with Gasteiger partial charge in [-0.3, -0.25) is 9.71 Å². The number of rotatable bonds is 11. The van der Waals surface area contributed by atoms with Crippen molar-refractivity contribution in [2.75, 3.05) is 5.75 Å². The van der Waals surface area contributed by atoms with Crippen LogP contribution in [0.1, 0.15) is 5.56 Å². The fraction of sp³-hybridized carbons (Fsp3) is 0.222. The molecule has 29 heavy (non-hydrogen) atoms. The van der Waals surface area contributed by atoms with Crippen LogP contribution in [-0.2, 0) is 20.6 Å². The minimum absolute atomic E-state index is 0.00190. The lowest BCUT2D eigenvalue weighted by Crippen LogP contribution is -2.26. The maximum absolute atomic E-state index is 12.4. The van der Waals surface area contributed by atoms with Gasteiger partial charge < -0.3 is 9.84 Å². The van der Waals surface area contributed by atoms with Gasteiger partial charge in [-0.05, 0) is 18.2 Å². The Morgan fingerprint density at radius 1 is 1.17 bits per heavy atom. The number of hydrogen-bond acceptors (Lipinski definition) is 6. The Kier molecular flexibility index (Phi) is 8.40. The molecule has 0 saturated heterocycles. The van der Waals surface area contributed by atoms with Crippen molar-refractivity contribution in [3.63, 3.8) is 0 Å². The Hall–Kier alpha value is -2.66. The van der Waals surface area contributed by atoms with E-state index >= 15 is 0 Å². The minimum atomic E-state index is -3.85. The van der Waals surface area contributed by atoms with Crippen molar-refractivity contribution in [2.24, 2.45) is 4.99 Å². The van der Waals surface area contributed by atoms with E-state index in [0.717, 1.165) is 18.1 Å². The van der Waals surface area contributed by atoms with E-state index in [-0.39, 0.29) is 22.2 Å². The molecule has 0 bridgehead atoms. The summed E-state index contributed by atoms with van der Waals surface area (Å²) < 4.78 is 55.6.